The minimum atomic E-state index is -0.108. The summed E-state index contributed by atoms with van der Waals surface area (Å²) >= 11 is 1.78. The Hall–Kier alpha value is -1.23. The van der Waals surface area contributed by atoms with Crippen LogP contribution in [0.25, 0.3) is 0 Å². The van der Waals surface area contributed by atoms with Crippen molar-refractivity contribution in [1.82, 2.24) is 10.3 Å². The summed E-state index contributed by atoms with van der Waals surface area (Å²) in [6, 6.07) is 3.81. The third-order valence-corrected chi connectivity index (χ3v) is 3.15. The van der Waals surface area contributed by atoms with E-state index in [0.29, 0.717) is 5.69 Å². The van der Waals surface area contributed by atoms with Gasteiger partial charge in [0.15, 0.2) is 0 Å². The van der Waals surface area contributed by atoms with Gasteiger partial charge in [-0.3, -0.25) is 9.78 Å². The van der Waals surface area contributed by atoms with Crippen molar-refractivity contribution in [3.63, 3.8) is 0 Å². The Bertz CT molecular complexity index is 384. The van der Waals surface area contributed by atoms with Crippen LogP contribution in [-0.2, 0) is 0 Å². The highest BCUT2D eigenvalue weighted by atomic mass is 32.2. The largest absolute Gasteiger partial charge is 0.385 e. The highest BCUT2D eigenvalue weighted by molar-refractivity contribution is 7.98. The molecule has 1 unspecified atom stereocenters. The third-order valence-electron chi connectivity index (χ3n) is 2.51. The standard InChI is InChI=1S/C13H21N3OS/c1-4-14-11-5-7-15-12(9-11)13(17)16-10(2)6-8-18-3/h5,7,9-10H,4,6,8H2,1-3H3,(H,14,15)(H,16,17). The van der Waals surface area contributed by atoms with Crippen LogP contribution in [0.2, 0.25) is 0 Å². The molecule has 0 fully saturated rings. The lowest BCUT2D eigenvalue weighted by atomic mass is 10.2. The average molecular weight is 267 g/mol. The zero-order valence-corrected chi connectivity index (χ0v) is 12.0. The summed E-state index contributed by atoms with van der Waals surface area (Å²) in [5.74, 6) is 0.940. The molecule has 1 rings (SSSR count). The van der Waals surface area contributed by atoms with Crippen LogP contribution in [0.15, 0.2) is 18.3 Å². The van der Waals surface area contributed by atoms with E-state index in [9.17, 15) is 4.79 Å². The maximum absolute atomic E-state index is 12.0. The summed E-state index contributed by atoms with van der Waals surface area (Å²) in [6.45, 7) is 4.86. The first-order chi connectivity index (χ1) is 8.67. The fourth-order valence-corrected chi connectivity index (χ4v) is 2.12. The molecule has 0 aliphatic carbocycles. The quantitative estimate of drug-likeness (QED) is 0.796. The molecule has 0 aromatic carbocycles. The van der Waals surface area contributed by atoms with E-state index in [0.717, 1.165) is 24.4 Å². The molecule has 0 bridgehead atoms. The van der Waals surface area contributed by atoms with Gasteiger partial charge in [0, 0.05) is 24.5 Å². The number of pyridine rings is 1. The molecule has 100 valence electrons. The first-order valence-corrected chi connectivity index (χ1v) is 7.56. The molecule has 0 aliphatic heterocycles. The van der Waals surface area contributed by atoms with Crippen LogP contribution in [0.4, 0.5) is 5.69 Å². The topological polar surface area (TPSA) is 54.0 Å². The Labute approximate surface area is 113 Å². The van der Waals surface area contributed by atoms with Gasteiger partial charge < -0.3 is 10.6 Å². The predicted octanol–water partition coefficient (Wildman–Crippen LogP) is 2.38. The molecule has 0 spiro atoms. The Kier molecular flexibility index (Phi) is 6.57. The van der Waals surface area contributed by atoms with E-state index in [4.69, 9.17) is 0 Å². The number of rotatable bonds is 7. The number of anilines is 1. The van der Waals surface area contributed by atoms with Gasteiger partial charge in [-0.05, 0) is 44.4 Å². The molecule has 0 aliphatic rings. The molecule has 5 heteroatoms. The Morgan fingerprint density at radius 3 is 3.00 bits per heavy atom. The van der Waals surface area contributed by atoms with Gasteiger partial charge in [-0.1, -0.05) is 0 Å². The molecule has 1 aromatic heterocycles. The summed E-state index contributed by atoms with van der Waals surface area (Å²) in [7, 11) is 0. The molecule has 1 amide bonds. The SMILES string of the molecule is CCNc1ccnc(C(=O)NC(C)CCSC)c1. The Balaban J connectivity index is 2.57. The lowest BCUT2D eigenvalue weighted by Crippen LogP contribution is -2.33. The van der Waals surface area contributed by atoms with E-state index in [1.54, 1.807) is 24.0 Å². The number of hydrogen-bond donors (Lipinski definition) is 2. The van der Waals surface area contributed by atoms with Crippen molar-refractivity contribution in [2.24, 2.45) is 0 Å². The van der Waals surface area contributed by atoms with Gasteiger partial charge in [0.1, 0.15) is 5.69 Å². The number of nitrogens with zero attached hydrogens (tertiary/aromatic N) is 1. The van der Waals surface area contributed by atoms with Gasteiger partial charge in [-0.15, -0.1) is 0 Å². The smallest absolute Gasteiger partial charge is 0.270 e. The zero-order valence-electron chi connectivity index (χ0n) is 11.2. The van der Waals surface area contributed by atoms with E-state index in [1.165, 1.54) is 0 Å². The molecule has 1 aromatic rings. The van der Waals surface area contributed by atoms with Crippen molar-refractivity contribution in [2.75, 3.05) is 23.9 Å². The van der Waals surface area contributed by atoms with Crippen molar-refractivity contribution in [2.45, 2.75) is 26.3 Å². The third kappa shape index (κ3) is 4.96. The summed E-state index contributed by atoms with van der Waals surface area (Å²) in [5.41, 5.74) is 1.39. The maximum Gasteiger partial charge on any atom is 0.270 e. The van der Waals surface area contributed by atoms with Crippen LogP contribution in [0.3, 0.4) is 0 Å². The van der Waals surface area contributed by atoms with Crippen LogP contribution >= 0.6 is 11.8 Å². The van der Waals surface area contributed by atoms with Crippen LogP contribution in [0.1, 0.15) is 30.8 Å². The summed E-state index contributed by atoms with van der Waals surface area (Å²) in [4.78, 5) is 16.1. The molecule has 0 saturated heterocycles. The number of nitrogens with one attached hydrogen (secondary N) is 2. The number of aromatic nitrogens is 1. The molecular weight excluding hydrogens is 246 g/mol. The second-order valence-corrected chi connectivity index (χ2v) is 5.10. The van der Waals surface area contributed by atoms with Gasteiger partial charge in [0.2, 0.25) is 0 Å². The molecule has 0 radical (unpaired) electrons. The molecule has 1 atom stereocenters. The van der Waals surface area contributed by atoms with Crippen LogP contribution < -0.4 is 10.6 Å². The summed E-state index contributed by atoms with van der Waals surface area (Å²) < 4.78 is 0. The average Bonchev–Trinajstić information content (AvgIpc) is 2.37. The highest BCUT2D eigenvalue weighted by Crippen LogP contribution is 2.08. The van der Waals surface area contributed by atoms with Gasteiger partial charge in [0.05, 0.1) is 0 Å². The minimum absolute atomic E-state index is 0.108. The first kappa shape index (κ1) is 14.8. The maximum atomic E-state index is 12.0. The van der Waals surface area contributed by atoms with Crippen molar-refractivity contribution in [3.05, 3.63) is 24.0 Å². The summed E-state index contributed by atoms with van der Waals surface area (Å²) in [6.07, 6.45) is 4.69. The second kappa shape index (κ2) is 7.97. The number of carbonyl (C=O) groups excluding carboxylic acids is 1. The van der Waals surface area contributed by atoms with E-state index in [2.05, 4.69) is 21.9 Å². The van der Waals surface area contributed by atoms with Crippen LogP contribution in [0.5, 0.6) is 0 Å². The predicted molar refractivity (Wildman–Crippen MR) is 78.3 cm³/mol. The molecule has 2 N–H and O–H groups in total. The van der Waals surface area contributed by atoms with Crippen LogP contribution in [-0.4, -0.2) is 35.5 Å². The lowest BCUT2D eigenvalue weighted by molar-refractivity contribution is 0.0934. The van der Waals surface area contributed by atoms with E-state index in [-0.39, 0.29) is 11.9 Å². The van der Waals surface area contributed by atoms with E-state index >= 15 is 0 Å². The molecule has 1 heterocycles. The fourth-order valence-electron chi connectivity index (χ4n) is 1.53. The van der Waals surface area contributed by atoms with Gasteiger partial charge >= 0.3 is 0 Å². The highest BCUT2D eigenvalue weighted by Gasteiger charge is 2.11. The normalized spacial score (nSPS) is 11.9. The number of carbonyl (C=O) groups is 1. The lowest BCUT2D eigenvalue weighted by Gasteiger charge is -2.13. The molecule has 4 nitrogen and oxygen atoms in total. The Morgan fingerprint density at radius 1 is 1.56 bits per heavy atom. The monoisotopic (exact) mass is 267 g/mol. The van der Waals surface area contributed by atoms with Gasteiger partial charge in [0.25, 0.3) is 5.91 Å². The van der Waals surface area contributed by atoms with Gasteiger partial charge in [-0.25, -0.2) is 0 Å². The van der Waals surface area contributed by atoms with Crippen molar-refractivity contribution in [3.8, 4) is 0 Å². The molecule has 18 heavy (non-hydrogen) atoms. The van der Waals surface area contributed by atoms with E-state index in [1.807, 2.05) is 19.9 Å². The van der Waals surface area contributed by atoms with Crippen LogP contribution in [0, 0.1) is 0 Å². The zero-order chi connectivity index (χ0) is 13.4. The Morgan fingerprint density at radius 2 is 2.33 bits per heavy atom. The molecule has 0 saturated carbocycles. The number of hydrogen-bond acceptors (Lipinski definition) is 4. The second-order valence-electron chi connectivity index (χ2n) is 4.12. The number of thioether (sulfide) groups is 1. The number of amides is 1. The van der Waals surface area contributed by atoms with Crippen molar-refractivity contribution in [1.29, 1.82) is 0 Å². The fraction of sp³-hybridized carbons (Fsp3) is 0.538. The van der Waals surface area contributed by atoms with Gasteiger partial charge in [-0.2, -0.15) is 11.8 Å². The first-order valence-electron chi connectivity index (χ1n) is 6.17. The minimum Gasteiger partial charge on any atom is -0.385 e. The van der Waals surface area contributed by atoms with E-state index < -0.39 is 0 Å². The van der Waals surface area contributed by atoms with Crippen molar-refractivity contribution < 1.29 is 4.79 Å². The summed E-state index contributed by atoms with van der Waals surface area (Å²) in [5, 5.41) is 6.12. The molecular formula is C13H21N3OS. The van der Waals surface area contributed by atoms with Crippen molar-refractivity contribution >= 4 is 23.4 Å².